The fraction of sp³-hybridized carbons (Fsp3) is 0.261. The molecule has 1 N–H and O–H groups in total. The molecule has 0 aliphatic carbocycles. The number of carbonyl (C=O) groups is 1. The van der Waals surface area contributed by atoms with E-state index in [1.165, 1.54) is 14.1 Å². The zero-order valence-electron chi connectivity index (χ0n) is 21.0. The second kappa shape index (κ2) is 11.5. The molecule has 0 radical (unpaired) electrons. The van der Waals surface area contributed by atoms with Gasteiger partial charge in [-0.2, -0.15) is 53.0 Å². The number of amides is 1. The van der Waals surface area contributed by atoms with Crippen LogP contribution in [0.3, 0.4) is 0 Å². The van der Waals surface area contributed by atoms with Crippen LogP contribution in [0.25, 0.3) is 5.69 Å². The first-order valence-corrected chi connectivity index (χ1v) is 12.9. The molecular formula is C23H17ClF9N5O3S. The molecule has 0 unspecified atom stereocenters. The molecule has 1 heterocycles. The van der Waals surface area contributed by atoms with Crippen molar-refractivity contribution in [2.75, 3.05) is 19.4 Å². The number of rotatable bonds is 7. The van der Waals surface area contributed by atoms with Gasteiger partial charge < -0.3 is 10.2 Å². The smallest absolute Gasteiger partial charge is 0.368 e. The van der Waals surface area contributed by atoms with E-state index in [-0.39, 0.29) is 28.2 Å². The number of benzene rings is 2. The lowest BCUT2D eigenvalue weighted by atomic mass is 10.1. The van der Waals surface area contributed by atoms with Gasteiger partial charge in [0, 0.05) is 25.3 Å². The third-order valence-electron chi connectivity index (χ3n) is 5.25. The second-order valence-electron chi connectivity index (χ2n) is 8.72. The van der Waals surface area contributed by atoms with Crippen LogP contribution in [0.4, 0.5) is 45.2 Å². The monoisotopic (exact) mass is 649 g/mol. The number of hydrogen-bond acceptors (Lipinski definition) is 4. The molecule has 0 bridgehead atoms. The summed E-state index contributed by atoms with van der Waals surface area (Å²) in [5, 5.41) is 4.82. The number of halogens is 10. The summed E-state index contributed by atoms with van der Waals surface area (Å²) >= 11 is 5.85. The van der Waals surface area contributed by atoms with Crippen LogP contribution in [0.5, 0.6) is 0 Å². The van der Waals surface area contributed by atoms with Crippen molar-refractivity contribution in [3.8, 4) is 5.69 Å². The van der Waals surface area contributed by atoms with Crippen molar-refractivity contribution in [2.24, 2.45) is 4.40 Å². The molecule has 42 heavy (non-hydrogen) atoms. The van der Waals surface area contributed by atoms with E-state index in [0.29, 0.717) is 18.2 Å². The zero-order chi connectivity index (χ0) is 31.8. The first-order valence-electron chi connectivity index (χ1n) is 11.1. The SMILES string of the molecule is CN(C)C=NS(=O)(=O)c1cc(NC(=O)Cc2cc(C(F)(F)F)ccc2Cl)c(C(F)(F)F)cc1-n1cc(C(F)(F)F)cn1. The van der Waals surface area contributed by atoms with Crippen molar-refractivity contribution in [2.45, 2.75) is 29.8 Å². The second-order valence-corrected chi connectivity index (χ2v) is 10.7. The number of nitrogens with zero attached hydrogens (tertiary/aromatic N) is 4. The fourth-order valence-corrected chi connectivity index (χ4v) is 4.65. The van der Waals surface area contributed by atoms with Crippen molar-refractivity contribution in [3.05, 3.63) is 70.0 Å². The van der Waals surface area contributed by atoms with Gasteiger partial charge >= 0.3 is 18.5 Å². The molecule has 19 heteroatoms. The van der Waals surface area contributed by atoms with E-state index >= 15 is 0 Å². The molecule has 8 nitrogen and oxygen atoms in total. The van der Waals surface area contributed by atoms with E-state index in [9.17, 15) is 52.7 Å². The highest BCUT2D eigenvalue weighted by Crippen LogP contribution is 2.40. The standard InChI is InChI=1S/C23H17ClF9N5O3S/c1-37(2)11-35-42(40,41)19-8-17(36-20(39)6-12-5-13(21(25,26)27)3-4-16(12)24)15(23(31,32)33)7-18(19)38-10-14(9-34-38)22(28,29)30/h3-5,7-11H,6H2,1-2H3,(H,36,39). The van der Waals surface area contributed by atoms with Crippen LogP contribution in [-0.4, -0.2) is 49.4 Å². The summed E-state index contributed by atoms with van der Waals surface area (Å²) < 4.78 is 150. The third-order valence-corrected chi connectivity index (χ3v) is 6.88. The highest BCUT2D eigenvalue weighted by atomic mass is 35.5. The number of anilines is 1. The highest BCUT2D eigenvalue weighted by Gasteiger charge is 2.38. The Balaban J connectivity index is 2.19. The Morgan fingerprint density at radius 2 is 1.62 bits per heavy atom. The number of hydrogen-bond donors (Lipinski definition) is 1. The summed E-state index contributed by atoms with van der Waals surface area (Å²) in [5.74, 6) is -1.33. The average Bonchev–Trinajstić information content (AvgIpc) is 3.33. The number of aromatic nitrogens is 2. The molecule has 228 valence electrons. The van der Waals surface area contributed by atoms with Crippen LogP contribution >= 0.6 is 11.6 Å². The highest BCUT2D eigenvalue weighted by molar-refractivity contribution is 7.90. The molecule has 3 rings (SSSR count). The van der Waals surface area contributed by atoms with E-state index in [1.807, 2.05) is 0 Å². The van der Waals surface area contributed by atoms with Gasteiger partial charge in [0.2, 0.25) is 5.91 Å². The Morgan fingerprint density at radius 1 is 1.00 bits per heavy atom. The van der Waals surface area contributed by atoms with E-state index in [1.54, 1.807) is 5.32 Å². The van der Waals surface area contributed by atoms with Gasteiger partial charge in [0.25, 0.3) is 10.0 Å². The minimum absolute atomic E-state index is 0.137. The van der Waals surface area contributed by atoms with Crippen LogP contribution < -0.4 is 5.32 Å². The molecule has 1 amide bonds. The van der Waals surface area contributed by atoms with Crippen molar-refractivity contribution in [3.63, 3.8) is 0 Å². The Kier molecular flexibility index (Phi) is 8.93. The van der Waals surface area contributed by atoms with Gasteiger partial charge in [0.1, 0.15) is 11.2 Å². The Morgan fingerprint density at radius 3 is 2.14 bits per heavy atom. The van der Waals surface area contributed by atoms with E-state index in [4.69, 9.17) is 11.6 Å². The lowest BCUT2D eigenvalue weighted by molar-refractivity contribution is -0.138. The minimum atomic E-state index is -5.32. The normalized spacial score (nSPS) is 13.0. The molecular weight excluding hydrogens is 633 g/mol. The van der Waals surface area contributed by atoms with Gasteiger partial charge in [-0.25, -0.2) is 4.68 Å². The fourth-order valence-electron chi connectivity index (χ4n) is 3.36. The summed E-state index contributed by atoms with van der Waals surface area (Å²) in [6.45, 7) is 0. The summed E-state index contributed by atoms with van der Waals surface area (Å²) in [6, 6.07) is 2.40. The molecule has 0 saturated carbocycles. The van der Waals surface area contributed by atoms with Crippen LogP contribution in [-0.2, 0) is 39.8 Å². The molecule has 0 saturated heterocycles. The predicted octanol–water partition coefficient (Wildman–Crippen LogP) is 6.04. The summed E-state index contributed by atoms with van der Waals surface area (Å²) in [5.41, 5.74) is -6.89. The van der Waals surface area contributed by atoms with Crippen molar-refractivity contribution in [1.82, 2.24) is 14.7 Å². The average molecular weight is 650 g/mol. The molecule has 2 aromatic carbocycles. The maximum atomic E-state index is 14.1. The molecule has 0 aliphatic rings. The Bertz CT molecular complexity index is 1630. The van der Waals surface area contributed by atoms with Crippen LogP contribution in [0.15, 0.2) is 52.0 Å². The van der Waals surface area contributed by atoms with Gasteiger partial charge in [0.15, 0.2) is 0 Å². The lowest BCUT2D eigenvalue weighted by Gasteiger charge is -2.18. The predicted molar refractivity (Wildman–Crippen MR) is 132 cm³/mol. The third kappa shape index (κ3) is 7.72. The van der Waals surface area contributed by atoms with Crippen LogP contribution in [0.1, 0.15) is 22.3 Å². The summed E-state index contributed by atoms with van der Waals surface area (Å²) in [7, 11) is -2.25. The molecule has 0 spiro atoms. The molecule has 0 aliphatic heterocycles. The minimum Gasteiger partial charge on any atom is -0.368 e. The number of carbonyl (C=O) groups excluding carboxylic acids is 1. The van der Waals surface area contributed by atoms with E-state index < -0.39 is 79.4 Å². The molecule has 0 fully saturated rings. The van der Waals surface area contributed by atoms with Crippen LogP contribution in [0, 0.1) is 0 Å². The maximum Gasteiger partial charge on any atom is 0.419 e. The van der Waals surface area contributed by atoms with E-state index in [2.05, 4.69) is 9.50 Å². The van der Waals surface area contributed by atoms with Crippen LogP contribution in [0.2, 0.25) is 5.02 Å². The van der Waals surface area contributed by atoms with E-state index in [0.717, 1.165) is 17.3 Å². The zero-order valence-corrected chi connectivity index (χ0v) is 22.6. The van der Waals surface area contributed by atoms with Gasteiger partial charge in [-0.15, -0.1) is 4.40 Å². The van der Waals surface area contributed by atoms with Crippen molar-refractivity contribution in [1.29, 1.82) is 0 Å². The lowest BCUT2D eigenvalue weighted by Crippen LogP contribution is -2.20. The van der Waals surface area contributed by atoms with Gasteiger partial charge in [-0.05, 0) is 35.9 Å². The van der Waals surface area contributed by atoms with Crippen molar-refractivity contribution >= 4 is 39.6 Å². The Labute approximate surface area is 236 Å². The quantitative estimate of drug-likeness (QED) is 0.191. The number of alkyl halides is 9. The number of nitrogens with one attached hydrogen (secondary N) is 1. The molecule has 3 aromatic rings. The van der Waals surface area contributed by atoms with Crippen molar-refractivity contribution < 1.29 is 52.7 Å². The molecule has 0 atom stereocenters. The van der Waals surface area contributed by atoms with Gasteiger partial charge in [-0.1, -0.05) is 11.6 Å². The topological polar surface area (TPSA) is 96.7 Å². The largest absolute Gasteiger partial charge is 0.419 e. The first-order chi connectivity index (χ1) is 19.1. The van der Waals surface area contributed by atoms with Gasteiger partial charge in [0.05, 0.1) is 40.7 Å². The molecule has 1 aromatic heterocycles. The number of sulfonamides is 1. The van der Waals surface area contributed by atoms with Gasteiger partial charge in [-0.3, -0.25) is 4.79 Å². The maximum absolute atomic E-state index is 14.1. The summed E-state index contributed by atoms with van der Waals surface area (Å²) in [4.78, 5) is 12.7. The first kappa shape index (κ1) is 32.7. The summed E-state index contributed by atoms with van der Waals surface area (Å²) in [6.07, 6.45) is -14.8. The Hall–Kier alpha value is -3.80.